The van der Waals surface area contributed by atoms with E-state index in [4.69, 9.17) is 4.74 Å². The Bertz CT molecular complexity index is 524. The van der Waals surface area contributed by atoms with Crippen LogP contribution in [-0.2, 0) is 4.74 Å². The molecular weight excluding hydrogens is 469 g/mol. The summed E-state index contributed by atoms with van der Waals surface area (Å²) >= 11 is 0. The van der Waals surface area contributed by atoms with Gasteiger partial charge in [0.15, 0.2) is 5.96 Å². The van der Waals surface area contributed by atoms with Crippen LogP contribution in [0, 0.1) is 0 Å². The van der Waals surface area contributed by atoms with E-state index in [0.717, 1.165) is 90.3 Å². The van der Waals surface area contributed by atoms with Crippen molar-refractivity contribution in [3.63, 3.8) is 0 Å². The largest absolute Gasteiger partial charge is 0.382 e. The number of aromatic nitrogens is 2. The van der Waals surface area contributed by atoms with Crippen LogP contribution in [0.3, 0.4) is 0 Å². The number of nitrogens with zero attached hydrogens (tertiary/aromatic N) is 5. The average molecular weight is 505 g/mol. The molecule has 0 aromatic carbocycles. The quantitative estimate of drug-likeness (QED) is 0.205. The Morgan fingerprint density at radius 1 is 1.11 bits per heavy atom. The lowest BCUT2D eigenvalue weighted by atomic mass is 10.3. The minimum atomic E-state index is 0. The summed E-state index contributed by atoms with van der Waals surface area (Å²) in [6, 6.07) is 1.86. The van der Waals surface area contributed by atoms with Crippen LogP contribution in [0.15, 0.2) is 23.5 Å². The molecule has 1 aromatic rings. The second kappa shape index (κ2) is 15.7. The lowest BCUT2D eigenvalue weighted by Crippen LogP contribution is -2.47. The normalized spacial score (nSPS) is 15.2. The van der Waals surface area contributed by atoms with Crippen LogP contribution in [0.5, 0.6) is 0 Å². The maximum atomic E-state index is 5.35. The summed E-state index contributed by atoms with van der Waals surface area (Å²) in [5, 5.41) is 6.73. The van der Waals surface area contributed by atoms with Crippen LogP contribution in [0.1, 0.15) is 26.7 Å². The predicted molar refractivity (Wildman–Crippen MR) is 126 cm³/mol. The molecule has 0 amide bonds. The zero-order chi connectivity index (χ0) is 19.2. The van der Waals surface area contributed by atoms with Crippen molar-refractivity contribution in [2.45, 2.75) is 26.7 Å². The van der Waals surface area contributed by atoms with Gasteiger partial charge < -0.3 is 20.3 Å². The van der Waals surface area contributed by atoms with Gasteiger partial charge in [-0.2, -0.15) is 0 Å². The number of anilines is 1. The third kappa shape index (κ3) is 9.83. The van der Waals surface area contributed by atoms with E-state index < -0.39 is 0 Å². The summed E-state index contributed by atoms with van der Waals surface area (Å²) in [6.07, 6.45) is 5.67. The number of aliphatic imine (C=N–C) groups is 1. The summed E-state index contributed by atoms with van der Waals surface area (Å²) in [5.41, 5.74) is 0. The molecule has 0 atom stereocenters. The number of ether oxygens (including phenoxy) is 1. The molecule has 0 radical (unpaired) electrons. The highest BCUT2D eigenvalue weighted by molar-refractivity contribution is 14.0. The molecule has 1 saturated heterocycles. The number of hydrogen-bond donors (Lipinski definition) is 2. The Morgan fingerprint density at radius 2 is 1.86 bits per heavy atom. The summed E-state index contributed by atoms with van der Waals surface area (Å²) in [6.45, 7) is 13.4. The molecule has 28 heavy (non-hydrogen) atoms. The molecule has 0 spiro atoms. The van der Waals surface area contributed by atoms with Crippen LogP contribution in [0.4, 0.5) is 5.95 Å². The van der Waals surface area contributed by atoms with Gasteiger partial charge in [0.25, 0.3) is 0 Å². The lowest BCUT2D eigenvalue weighted by Gasteiger charge is -2.34. The van der Waals surface area contributed by atoms with E-state index in [1.807, 2.05) is 13.0 Å². The highest BCUT2D eigenvalue weighted by Crippen LogP contribution is 2.09. The van der Waals surface area contributed by atoms with Crippen LogP contribution in [0.2, 0.25) is 0 Å². The third-order valence-electron chi connectivity index (χ3n) is 4.42. The molecule has 0 saturated carbocycles. The number of guanidine groups is 1. The monoisotopic (exact) mass is 505 g/mol. The Kier molecular flexibility index (Phi) is 13.9. The minimum absolute atomic E-state index is 0. The molecule has 1 aliphatic heterocycles. The fourth-order valence-electron chi connectivity index (χ4n) is 2.98. The average Bonchev–Trinajstić information content (AvgIpc) is 2.72. The van der Waals surface area contributed by atoms with Crippen LogP contribution in [0.25, 0.3) is 0 Å². The van der Waals surface area contributed by atoms with Crippen molar-refractivity contribution in [1.82, 2.24) is 25.5 Å². The molecule has 8 nitrogen and oxygen atoms in total. The highest BCUT2D eigenvalue weighted by Gasteiger charge is 2.18. The maximum Gasteiger partial charge on any atom is 0.225 e. The predicted octanol–water partition coefficient (Wildman–Crippen LogP) is 1.59. The van der Waals surface area contributed by atoms with Crippen molar-refractivity contribution >= 4 is 35.9 Å². The molecule has 2 N–H and O–H groups in total. The highest BCUT2D eigenvalue weighted by atomic mass is 127. The van der Waals surface area contributed by atoms with E-state index in [1.54, 1.807) is 12.4 Å². The first-order valence-corrected chi connectivity index (χ1v) is 10.2. The van der Waals surface area contributed by atoms with Gasteiger partial charge in [0, 0.05) is 71.4 Å². The fourth-order valence-corrected chi connectivity index (χ4v) is 2.98. The molecule has 2 rings (SSSR count). The van der Waals surface area contributed by atoms with Gasteiger partial charge in [0.05, 0.1) is 0 Å². The van der Waals surface area contributed by atoms with Crippen molar-refractivity contribution in [2.24, 2.45) is 4.99 Å². The van der Waals surface area contributed by atoms with E-state index in [1.165, 1.54) is 0 Å². The zero-order valence-corrected chi connectivity index (χ0v) is 19.6. The first-order chi connectivity index (χ1) is 13.3. The second-order valence-corrected chi connectivity index (χ2v) is 6.47. The number of rotatable bonds is 11. The molecule has 9 heteroatoms. The zero-order valence-electron chi connectivity index (χ0n) is 17.3. The lowest BCUT2D eigenvalue weighted by molar-refractivity contribution is 0.146. The topological polar surface area (TPSA) is 77.9 Å². The van der Waals surface area contributed by atoms with Crippen molar-refractivity contribution in [3.8, 4) is 0 Å². The molecule has 2 heterocycles. The van der Waals surface area contributed by atoms with Crippen molar-refractivity contribution in [2.75, 3.05) is 70.5 Å². The number of halogens is 1. The summed E-state index contributed by atoms with van der Waals surface area (Å²) in [5.74, 6) is 1.75. The van der Waals surface area contributed by atoms with E-state index in [9.17, 15) is 0 Å². The Hall–Kier alpha value is -1.20. The van der Waals surface area contributed by atoms with Crippen LogP contribution < -0.4 is 15.5 Å². The molecule has 0 aliphatic carbocycles. The first kappa shape index (κ1) is 24.8. The number of nitrogens with one attached hydrogen (secondary N) is 2. The van der Waals surface area contributed by atoms with Gasteiger partial charge in [-0.15, -0.1) is 24.0 Å². The van der Waals surface area contributed by atoms with Gasteiger partial charge in [-0.1, -0.05) is 0 Å². The molecule has 0 unspecified atom stereocenters. The molecule has 1 aromatic heterocycles. The summed E-state index contributed by atoms with van der Waals surface area (Å²) in [4.78, 5) is 18.0. The van der Waals surface area contributed by atoms with Crippen molar-refractivity contribution < 1.29 is 4.74 Å². The molecular formula is C19H36IN7O. The molecule has 1 fully saturated rings. The van der Waals surface area contributed by atoms with Crippen molar-refractivity contribution in [1.29, 1.82) is 0 Å². The third-order valence-corrected chi connectivity index (χ3v) is 4.42. The van der Waals surface area contributed by atoms with Crippen molar-refractivity contribution in [3.05, 3.63) is 18.5 Å². The van der Waals surface area contributed by atoms with Gasteiger partial charge in [-0.05, 0) is 39.3 Å². The summed E-state index contributed by atoms with van der Waals surface area (Å²) in [7, 11) is 0. The van der Waals surface area contributed by atoms with Crippen LogP contribution >= 0.6 is 24.0 Å². The summed E-state index contributed by atoms with van der Waals surface area (Å²) < 4.78 is 5.35. The standard InChI is InChI=1S/C19H35N7O.HI/c1-3-20-18(22-11-7-17-27-4-2)21-10-6-12-25-13-15-26(16-14-25)19-23-8-5-9-24-19;/h5,8-9H,3-4,6-7,10-17H2,1-2H3,(H2,20,21,22);1H. The van der Waals surface area contributed by atoms with Gasteiger partial charge in [-0.3, -0.25) is 9.89 Å². The van der Waals surface area contributed by atoms with E-state index in [2.05, 4.69) is 42.3 Å². The van der Waals surface area contributed by atoms with Gasteiger partial charge in [-0.25, -0.2) is 9.97 Å². The Balaban J connectivity index is 0.00000392. The van der Waals surface area contributed by atoms with Crippen LogP contribution in [-0.4, -0.2) is 86.4 Å². The van der Waals surface area contributed by atoms with Gasteiger partial charge in [0.1, 0.15) is 0 Å². The first-order valence-electron chi connectivity index (χ1n) is 10.2. The SMILES string of the molecule is CCNC(=NCCCOCC)NCCCN1CCN(c2ncccn2)CC1.I. The number of piperazine rings is 1. The van der Waals surface area contributed by atoms with E-state index in [0.29, 0.717) is 0 Å². The fraction of sp³-hybridized carbons (Fsp3) is 0.737. The minimum Gasteiger partial charge on any atom is -0.382 e. The molecule has 0 bridgehead atoms. The Labute approximate surface area is 186 Å². The van der Waals surface area contributed by atoms with E-state index >= 15 is 0 Å². The maximum absolute atomic E-state index is 5.35. The molecule has 1 aliphatic rings. The van der Waals surface area contributed by atoms with E-state index in [-0.39, 0.29) is 24.0 Å². The van der Waals surface area contributed by atoms with Gasteiger partial charge >= 0.3 is 0 Å². The molecule has 160 valence electrons. The van der Waals surface area contributed by atoms with Gasteiger partial charge in [0.2, 0.25) is 5.95 Å². The Morgan fingerprint density at radius 3 is 2.54 bits per heavy atom. The second-order valence-electron chi connectivity index (χ2n) is 6.47. The smallest absolute Gasteiger partial charge is 0.225 e. The number of hydrogen-bond acceptors (Lipinski definition) is 6.